The highest BCUT2D eigenvalue weighted by Gasteiger charge is 2.23. The van der Waals surface area contributed by atoms with Gasteiger partial charge in [-0.05, 0) is 60.5 Å². The van der Waals surface area contributed by atoms with Crippen molar-refractivity contribution in [1.82, 2.24) is 10.2 Å². The van der Waals surface area contributed by atoms with Gasteiger partial charge in [0.05, 0.1) is 17.6 Å². The van der Waals surface area contributed by atoms with Crippen LogP contribution >= 0.6 is 11.3 Å². The fourth-order valence-electron chi connectivity index (χ4n) is 3.71. The van der Waals surface area contributed by atoms with Crippen molar-refractivity contribution in [2.75, 3.05) is 33.3 Å². The van der Waals surface area contributed by atoms with Gasteiger partial charge in [0.1, 0.15) is 11.9 Å². The number of ether oxygens (including phenoxy) is 1. The quantitative estimate of drug-likeness (QED) is 0.623. The van der Waals surface area contributed by atoms with E-state index in [-0.39, 0.29) is 17.2 Å². The largest absolute Gasteiger partial charge is 0.494 e. The standard InChI is InChI=1S/C24H21F2N3O2S/c1-31-21-6-5-16(12-20(21)26)23-18(15-3-4-17(14-27)19(25)11-15)13-22(32-23)24(30)29-9-2-7-28-8-10-29/h3-6,11-13,28H,2,7-10H2,1H3. The molecule has 0 radical (unpaired) electrons. The molecule has 0 unspecified atom stereocenters. The molecule has 0 spiro atoms. The van der Waals surface area contributed by atoms with Gasteiger partial charge in [0.2, 0.25) is 0 Å². The van der Waals surface area contributed by atoms with Crippen molar-refractivity contribution in [2.45, 2.75) is 6.42 Å². The van der Waals surface area contributed by atoms with Gasteiger partial charge >= 0.3 is 0 Å². The Morgan fingerprint density at radius 2 is 1.88 bits per heavy atom. The van der Waals surface area contributed by atoms with Crippen LogP contribution in [-0.4, -0.2) is 44.1 Å². The van der Waals surface area contributed by atoms with Gasteiger partial charge in [-0.3, -0.25) is 4.79 Å². The van der Waals surface area contributed by atoms with E-state index in [9.17, 15) is 13.6 Å². The molecular formula is C24H21F2N3O2S. The number of nitriles is 1. The first-order chi connectivity index (χ1) is 15.5. The van der Waals surface area contributed by atoms with Crippen molar-refractivity contribution in [3.8, 4) is 33.4 Å². The SMILES string of the molecule is COc1ccc(-c2sc(C(=O)N3CCCNCC3)cc2-c2ccc(C#N)c(F)c2)cc1F. The summed E-state index contributed by atoms with van der Waals surface area (Å²) in [6.07, 6.45) is 0.862. The summed E-state index contributed by atoms with van der Waals surface area (Å²) in [7, 11) is 1.39. The lowest BCUT2D eigenvalue weighted by molar-refractivity contribution is 0.0771. The molecule has 1 aliphatic rings. The molecule has 2 aromatic carbocycles. The predicted octanol–water partition coefficient (Wildman–Crippen LogP) is 4.68. The van der Waals surface area contributed by atoms with Crippen LogP contribution < -0.4 is 10.1 Å². The molecule has 1 saturated heterocycles. The van der Waals surface area contributed by atoms with E-state index in [1.807, 2.05) is 6.07 Å². The molecule has 1 aromatic heterocycles. The third kappa shape index (κ3) is 4.35. The fourth-order valence-corrected chi connectivity index (χ4v) is 4.86. The Kier molecular flexibility index (Phi) is 6.49. The van der Waals surface area contributed by atoms with E-state index in [4.69, 9.17) is 10.00 Å². The summed E-state index contributed by atoms with van der Waals surface area (Å²) in [6, 6.07) is 12.4. The van der Waals surface area contributed by atoms with Gasteiger partial charge in [-0.25, -0.2) is 8.78 Å². The average molecular weight is 454 g/mol. The van der Waals surface area contributed by atoms with Crippen LogP contribution in [0.25, 0.3) is 21.6 Å². The molecule has 0 saturated carbocycles. The van der Waals surface area contributed by atoms with Crippen molar-refractivity contribution in [1.29, 1.82) is 5.26 Å². The van der Waals surface area contributed by atoms with Crippen molar-refractivity contribution >= 4 is 17.2 Å². The second-order valence-electron chi connectivity index (χ2n) is 7.40. The van der Waals surface area contributed by atoms with Crippen LogP contribution in [0.1, 0.15) is 21.7 Å². The Bertz CT molecular complexity index is 1190. The zero-order chi connectivity index (χ0) is 22.7. The Labute approximate surface area is 188 Å². The van der Waals surface area contributed by atoms with Gasteiger partial charge in [-0.2, -0.15) is 5.26 Å². The molecule has 1 fully saturated rings. The van der Waals surface area contributed by atoms with Gasteiger partial charge in [0.25, 0.3) is 5.91 Å². The van der Waals surface area contributed by atoms with E-state index < -0.39 is 11.6 Å². The van der Waals surface area contributed by atoms with Crippen LogP contribution in [-0.2, 0) is 0 Å². The van der Waals surface area contributed by atoms with E-state index in [0.29, 0.717) is 39.5 Å². The zero-order valence-corrected chi connectivity index (χ0v) is 18.3. The minimum absolute atomic E-state index is 0.0608. The van der Waals surface area contributed by atoms with E-state index in [0.717, 1.165) is 19.5 Å². The highest BCUT2D eigenvalue weighted by molar-refractivity contribution is 7.18. The highest BCUT2D eigenvalue weighted by Crippen LogP contribution is 2.41. The van der Waals surface area contributed by atoms with Crippen molar-refractivity contribution in [3.63, 3.8) is 0 Å². The van der Waals surface area contributed by atoms with Gasteiger partial charge in [0.15, 0.2) is 11.6 Å². The van der Waals surface area contributed by atoms with Crippen LogP contribution in [0.3, 0.4) is 0 Å². The monoisotopic (exact) mass is 453 g/mol. The zero-order valence-electron chi connectivity index (χ0n) is 17.5. The van der Waals surface area contributed by atoms with E-state index in [2.05, 4.69) is 5.32 Å². The normalized spacial score (nSPS) is 14.0. The number of methoxy groups -OCH3 is 1. The van der Waals surface area contributed by atoms with Crippen molar-refractivity contribution in [3.05, 3.63) is 64.5 Å². The number of amides is 1. The molecule has 4 rings (SSSR count). The lowest BCUT2D eigenvalue weighted by Crippen LogP contribution is -2.33. The second kappa shape index (κ2) is 9.47. The van der Waals surface area contributed by atoms with Crippen molar-refractivity contribution < 1.29 is 18.3 Å². The maximum Gasteiger partial charge on any atom is 0.264 e. The third-order valence-electron chi connectivity index (χ3n) is 5.38. The lowest BCUT2D eigenvalue weighted by Gasteiger charge is -2.18. The number of hydrogen-bond acceptors (Lipinski definition) is 5. The fraction of sp³-hybridized carbons (Fsp3) is 0.250. The maximum absolute atomic E-state index is 14.4. The molecule has 1 N–H and O–H groups in total. The lowest BCUT2D eigenvalue weighted by atomic mass is 10.0. The Morgan fingerprint density at radius 3 is 2.59 bits per heavy atom. The number of halogens is 2. The third-order valence-corrected chi connectivity index (χ3v) is 6.56. The molecular weight excluding hydrogens is 432 g/mol. The Hall–Kier alpha value is -3.28. The number of thiophene rings is 1. The van der Waals surface area contributed by atoms with Crippen LogP contribution in [0.2, 0.25) is 0 Å². The molecule has 164 valence electrons. The van der Waals surface area contributed by atoms with Gasteiger partial charge in [-0.1, -0.05) is 6.07 Å². The minimum atomic E-state index is -0.644. The molecule has 8 heteroatoms. The number of benzene rings is 2. The summed E-state index contributed by atoms with van der Waals surface area (Å²) < 4.78 is 33.8. The first-order valence-corrected chi connectivity index (χ1v) is 11.0. The maximum atomic E-state index is 14.4. The number of carbonyl (C=O) groups is 1. The summed E-state index contributed by atoms with van der Waals surface area (Å²) in [5.41, 5.74) is 1.62. The molecule has 0 atom stereocenters. The van der Waals surface area contributed by atoms with Gasteiger partial charge in [-0.15, -0.1) is 11.3 Å². The summed E-state index contributed by atoms with van der Waals surface area (Å²) in [5, 5.41) is 12.3. The first kappa shape index (κ1) is 21.9. The Morgan fingerprint density at radius 1 is 1.09 bits per heavy atom. The number of nitrogens with zero attached hydrogens (tertiary/aromatic N) is 2. The van der Waals surface area contributed by atoms with Crippen LogP contribution in [0.4, 0.5) is 8.78 Å². The number of nitrogens with one attached hydrogen (secondary N) is 1. The first-order valence-electron chi connectivity index (χ1n) is 10.2. The van der Waals surface area contributed by atoms with Crippen molar-refractivity contribution in [2.24, 2.45) is 0 Å². The highest BCUT2D eigenvalue weighted by atomic mass is 32.1. The van der Waals surface area contributed by atoms with Crippen LogP contribution in [0, 0.1) is 23.0 Å². The summed E-state index contributed by atoms with van der Waals surface area (Å²) >= 11 is 1.25. The van der Waals surface area contributed by atoms with E-state index in [1.165, 1.54) is 42.7 Å². The molecule has 2 heterocycles. The molecule has 0 aliphatic carbocycles. The molecule has 3 aromatic rings. The predicted molar refractivity (Wildman–Crippen MR) is 120 cm³/mol. The molecule has 1 aliphatic heterocycles. The molecule has 32 heavy (non-hydrogen) atoms. The summed E-state index contributed by atoms with van der Waals surface area (Å²) in [6.45, 7) is 2.84. The molecule has 1 amide bonds. The van der Waals surface area contributed by atoms with Gasteiger partial charge in [0, 0.05) is 30.1 Å². The summed E-state index contributed by atoms with van der Waals surface area (Å²) in [4.78, 5) is 16.2. The summed E-state index contributed by atoms with van der Waals surface area (Å²) in [5.74, 6) is -1.16. The van der Waals surface area contributed by atoms with E-state index >= 15 is 0 Å². The average Bonchev–Trinajstić information content (AvgIpc) is 3.06. The Balaban J connectivity index is 1.81. The van der Waals surface area contributed by atoms with Gasteiger partial charge < -0.3 is 15.0 Å². The number of hydrogen-bond donors (Lipinski definition) is 1. The molecule has 5 nitrogen and oxygen atoms in total. The van der Waals surface area contributed by atoms with E-state index in [1.54, 1.807) is 23.1 Å². The minimum Gasteiger partial charge on any atom is -0.494 e. The van der Waals surface area contributed by atoms with Crippen LogP contribution in [0.15, 0.2) is 42.5 Å². The smallest absolute Gasteiger partial charge is 0.264 e. The number of rotatable bonds is 4. The topological polar surface area (TPSA) is 65.4 Å². The molecule has 0 bridgehead atoms. The van der Waals surface area contributed by atoms with Crippen LogP contribution in [0.5, 0.6) is 5.75 Å². The number of carbonyl (C=O) groups excluding carboxylic acids is 1. The second-order valence-corrected chi connectivity index (χ2v) is 8.46.